The van der Waals surface area contributed by atoms with E-state index in [9.17, 15) is 23.3 Å². The van der Waals surface area contributed by atoms with Gasteiger partial charge in [0.1, 0.15) is 0 Å². The van der Waals surface area contributed by atoms with E-state index in [4.69, 9.17) is 5.11 Å². The summed E-state index contributed by atoms with van der Waals surface area (Å²) in [5.41, 5.74) is 0.176. The molecule has 9 nitrogen and oxygen atoms in total. The lowest BCUT2D eigenvalue weighted by Gasteiger charge is -2.35. The quantitative estimate of drug-likeness (QED) is 0.586. The number of nitro benzene ring substituents is 1. The first-order chi connectivity index (χ1) is 11.6. The van der Waals surface area contributed by atoms with E-state index in [-0.39, 0.29) is 36.3 Å². The normalized spacial score (nSPS) is 16.9. The minimum absolute atomic E-state index is 0.0150. The van der Waals surface area contributed by atoms with Gasteiger partial charge in [-0.1, -0.05) is 0 Å². The number of aryl methyl sites for hydroxylation is 1. The summed E-state index contributed by atoms with van der Waals surface area (Å²) >= 11 is 0. The Kier molecular flexibility index (Phi) is 5.76. The van der Waals surface area contributed by atoms with Crippen LogP contribution in [0.25, 0.3) is 0 Å². The van der Waals surface area contributed by atoms with Gasteiger partial charge >= 0.3 is 5.97 Å². The van der Waals surface area contributed by atoms with Gasteiger partial charge in [-0.15, -0.1) is 0 Å². The van der Waals surface area contributed by atoms with E-state index >= 15 is 0 Å². The summed E-state index contributed by atoms with van der Waals surface area (Å²) < 4.78 is 26.8. The van der Waals surface area contributed by atoms with Crippen LogP contribution in [0.2, 0.25) is 0 Å². The van der Waals surface area contributed by atoms with Gasteiger partial charge in [0.25, 0.3) is 5.69 Å². The number of piperidine rings is 1. The lowest BCUT2D eigenvalue weighted by atomic mass is 10.1. The summed E-state index contributed by atoms with van der Waals surface area (Å²) in [5.74, 6) is -0.918. The number of likely N-dealkylation sites (N-methyl/N-ethyl adjacent to an activating group) is 1. The van der Waals surface area contributed by atoms with Gasteiger partial charge < -0.3 is 5.11 Å². The van der Waals surface area contributed by atoms with Crippen LogP contribution in [-0.2, 0) is 14.8 Å². The average Bonchev–Trinajstić information content (AvgIpc) is 2.53. The fraction of sp³-hybridized carbons (Fsp3) is 0.533. The van der Waals surface area contributed by atoms with E-state index in [1.165, 1.54) is 29.4 Å². The number of hydrogen-bond acceptors (Lipinski definition) is 6. The lowest BCUT2D eigenvalue weighted by Crippen LogP contribution is -2.46. The van der Waals surface area contributed by atoms with Gasteiger partial charge in [-0.25, -0.2) is 8.42 Å². The SMILES string of the molecule is Cc1cc(S(=O)(=O)N2CCC(N(C)CC(=O)O)CC2)ccc1[N+](=O)[O-]. The third-order valence-corrected chi connectivity index (χ3v) is 6.33. The number of rotatable bonds is 6. The van der Waals surface area contributed by atoms with Gasteiger partial charge in [-0.3, -0.25) is 19.8 Å². The number of benzene rings is 1. The first-order valence-electron chi connectivity index (χ1n) is 7.80. The maximum Gasteiger partial charge on any atom is 0.317 e. The number of nitrogens with zero attached hydrogens (tertiary/aromatic N) is 3. The number of nitro groups is 1. The predicted octanol–water partition coefficient (Wildman–Crippen LogP) is 1.07. The van der Waals surface area contributed by atoms with Crippen molar-refractivity contribution in [2.45, 2.75) is 30.7 Å². The van der Waals surface area contributed by atoms with Crippen molar-refractivity contribution in [2.75, 3.05) is 26.7 Å². The number of sulfonamides is 1. The molecule has 1 aliphatic heterocycles. The molecular weight excluding hydrogens is 350 g/mol. The van der Waals surface area contributed by atoms with Gasteiger partial charge in [-0.05, 0) is 38.9 Å². The highest BCUT2D eigenvalue weighted by molar-refractivity contribution is 7.89. The van der Waals surface area contributed by atoms with E-state index in [2.05, 4.69) is 0 Å². The van der Waals surface area contributed by atoms with Crippen LogP contribution in [0.5, 0.6) is 0 Å². The van der Waals surface area contributed by atoms with E-state index < -0.39 is 20.9 Å². The first-order valence-corrected chi connectivity index (χ1v) is 9.24. The highest BCUT2D eigenvalue weighted by Gasteiger charge is 2.31. The monoisotopic (exact) mass is 371 g/mol. The third-order valence-electron chi connectivity index (χ3n) is 4.43. The molecule has 0 aliphatic carbocycles. The minimum atomic E-state index is -3.72. The van der Waals surface area contributed by atoms with Gasteiger partial charge in [-0.2, -0.15) is 4.31 Å². The Morgan fingerprint density at radius 3 is 2.48 bits per heavy atom. The van der Waals surface area contributed by atoms with Crippen LogP contribution in [0.4, 0.5) is 5.69 Å². The molecule has 0 aromatic heterocycles. The van der Waals surface area contributed by atoms with Crippen LogP contribution in [0.15, 0.2) is 23.1 Å². The highest BCUT2D eigenvalue weighted by atomic mass is 32.2. The van der Waals surface area contributed by atoms with Gasteiger partial charge in [0.15, 0.2) is 0 Å². The summed E-state index contributed by atoms with van der Waals surface area (Å²) in [4.78, 5) is 22.8. The first kappa shape index (κ1) is 19.3. The highest BCUT2D eigenvalue weighted by Crippen LogP contribution is 2.26. The molecule has 1 aromatic rings. The second kappa shape index (κ2) is 7.46. The molecule has 0 saturated carbocycles. The standard InChI is InChI=1S/C15H21N3O6S/c1-11-9-13(3-4-14(11)18(21)22)25(23,24)17-7-5-12(6-8-17)16(2)10-15(19)20/h3-4,9,12H,5-8,10H2,1-2H3,(H,19,20). The molecule has 138 valence electrons. The zero-order valence-electron chi connectivity index (χ0n) is 14.1. The molecule has 1 N–H and O–H groups in total. The Morgan fingerprint density at radius 2 is 2.00 bits per heavy atom. The molecule has 0 amide bonds. The molecular formula is C15H21N3O6S. The number of carboxylic acids is 1. The van der Waals surface area contributed by atoms with Crippen molar-refractivity contribution in [3.8, 4) is 0 Å². The van der Waals surface area contributed by atoms with Crippen molar-refractivity contribution in [2.24, 2.45) is 0 Å². The molecule has 0 unspecified atom stereocenters. The molecule has 25 heavy (non-hydrogen) atoms. The smallest absolute Gasteiger partial charge is 0.317 e. The summed E-state index contributed by atoms with van der Waals surface area (Å²) in [6.45, 7) is 1.99. The van der Waals surface area contributed by atoms with Crippen LogP contribution in [-0.4, -0.2) is 66.3 Å². The van der Waals surface area contributed by atoms with E-state index in [1.807, 2.05) is 0 Å². The molecule has 1 heterocycles. The molecule has 1 aliphatic rings. The van der Waals surface area contributed by atoms with Gasteiger partial charge in [0.05, 0.1) is 16.4 Å². The van der Waals surface area contributed by atoms with Crippen molar-refractivity contribution in [3.05, 3.63) is 33.9 Å². The molecule has 1 saturated heterocycles. The maximum atomic E-state index is 12.7. The van der Waals surface area contributed by atoms with Crippen LogP contribution < -0.4 is 0 Å². The summed E-state index contributed by atoms with van der Waals surface area (Å²) in [6, 6.07) is 3.79. The van der Waals surface area contributed by atoms with Gasteiger partial charge in [0, 0.05) is 30.8 Å². The minimum Gasteiger partial charge on any atom is -0.480 e. The molecule has 0 bridgehead atoms. The van der Waals surface area contributed by atoms with Crippen molar-refractivity contribution in [1.82, 2.24) is 9.21 Å². The third kappa shape index (κ3) is 4.33. The fourth-order valence-corrected chi connectivity index (χ4v) is 4.56. The van der Waals surface area contributed by atoms with Crippen molar-refractivity contribution < 1.29 is 23.2 Å². The Balaban J connectivity index is 2.10. The average molecular weight is 371 g/mol. The Hall–Kier alpha value is -2.04. The molecule has 2 rings (SSSR count). The zero-order chi connectivity index (χ0) is 18.8. The Morgan fingerprint density at radius 1 is 1.40 bits per heavy atom. The summed E-state index contributed by atoms with van der Waals surface area (Å²) in [6.07, 6.45) is 1.07. The second-order valence-electron chi connectivity index (χ2n) is 6.15. The molecule has 0 radical (unpaired) electrons. The molecule has 0 spiro atoms. The van der Waals surface area contributed by atoms with E-state index in [0.717, 1.165) is 0 Å². The van der Waals surface area contributed by atoms with E-state index in [0.29, 0.717) is 18.4 Å². The van der Waals surface area contributed by atoms with Gasteiger partial charge in [0.2, 0.25) is 10.0 Å². The zero-order valence-corrected chi connectivity index (χ0v) is 14.9. The fourth-order valence-electron chi connectivity index (χ4n) is 3.01. The molecule has 0 atom stereocenters. The van der Waals surface area contributed by atoms with Crippen molar-refractivity contribution in [3.63, 3.8) is 0 Å². The van der Waals surface area contributed by atoms with Crippen molar-refractivity contribution >= 4 is 21.7 Å². The summed E-state index contributed by atoms with van der Waals surface area (Å²) in [5, 5.41) is 19.7. The van der Waals surface area contributed by atoms with Crippen LogP contribution in [0.1, 0.15) is 18.4 Å². The number of aliphatic carboxylic acids is 1. The molecule has 1 aromatic carbocycles. The van der Waals surface area contributed by atoms with Crippen molar-refractivity contribution in [1.29, 1.82) is 0 Å². The number of hydrogen-bond donors (Lipinski definition) is 1. The largest absolute Gasteiger partial charge is 0.480 e. The molecule has 10 heteroatoms. The lowest BCUT2D eigenvalue weighted by molar-refractivity contribution is -0.385. The number of carboxylic acid groups (broad SMARTS) is 1. The summed E-state index contributed by atoms with van der Waals surface area (Å²) in [7, 11) is -2.01. The number of carbonyl (C=O) groups is 1. The topological polar surface area (TPSA) is 121 Å². The molecule has 1 fully saturated rings. The Labute approximate surface area is 146 Å². The maximum absolute atomic E-state index is 12.7. The predicted molar refractivity (Wildman–Crippen MR) is 89.9 cm³/mol. The van der Waals surface area contributed by atoms with Crippen LogP contribution in [0, 0.1) is 17.0 Å². The Bertz CT molecular complexity index is 771. The second-order valence-corrected chi connectivity index (χ2v) is 8.09. The van der Waals surface area contributed by atoms with E-state index in [1.54, 1.807) is 11.9 Å². The van der Waals surface area contributed by atoms with Crippen LogP contribution in [0.3, 0.4) is 0 Å². The van der Waals surface area contributed by atoms with Crippen LogP contribution >= 0.6 is 0 Å².